The zero-order valence-corrected chi connectivity index (χ0v) is 14.8. The molecule has 0 bridgehead atoms. The van der Waals surface area contributed by atoms with Gasteiger partial charge < -0.3 is 10.1 Å². The molecule has 120 valence electrons. The predicted octanol–water partition coefficient (Wildman–Crippen LogP) is 4.94. The highest BCUT2D eigenvalue weighted by molar-refractivity contribution is 5.34. The van der Waals surface area contributed by atoms with Crippen molar-refractivity contribution in [2.75, 3.05) is 13.2 Å². The Bertz CT molecular complexity index is 424. The quantitative estimate of drug-likeness (QED) is 0.696. The SMILES string of the molecule is CCCNC(c1ccc(C)cc1C)C(CC)(CC)OCC. The van der Waals surface area contributed by atoms with Gasteiger partial charge in [0.05, 0.1) is 11.6 Å². The zero-order valence-electron chi connectivity index (χ0n) is 14.8. The highest BCUT2D eigenvalue weighted by Crippen LogP contribution is 2.37. The lowest BCUT2D eigenvalue weighted by atomic mass is 9.81. The van der Waals surface area contributed by atoms with Crippen LogP contribution in [0.15, 0.2) is 18.2 Å². The molecule has 1 aromatic carbocycles. The molecule has 2 nitrogen and oxygen atoms in total. The van der Waals surface area contributed by atoms with Crippen LogP contribution in [0.1, 0.15) is 69.7 Å². The molecule has 0 aliphatic carbocycles. The fourth-order valence-electron chi connectivity index (χ4n) is 3.25. The third-order valence-electron chi connectivity index (χ3n) is 4.49. The topological polar surface area (TPSA) is 21.3 Å². The summed E-state index contributed by atoms with van der Waals surface area (Å²) in [6.45, 7) is 14.9. The summed E-state index contributed by atoms with van der Waals surface area (Å²) < 4.78 is 6.26. The summed E-state index contributed by atoms with van der Waals surface area (Å²) in [4.78, 5) is 0. The van der Waals surface area contributed by atoms with Crippen molar-refractivity contribution in [3.8, 4) is 0 Å². The van der Waals surface area contributed by atoms with Crippen molar-refractivity contribution in [1.29, 1.82) is 0 Å². The van der Waals surface area contributed by atoms with Crippen molar-refractivity contribution in [2.45, 2.75) is 72.4 Å². The second kappa shape index (κ2) is 8.55. The molecule has 0 aromatic heterocycles. The lowest BCUT2D eigenvalue weighted by Gasteiger charge is -2.41. The monoisotopic (exact) mass is 291 g/mol. The van der Waals surface area contributed by atoms with E-state index >= 15 is 0 Å². The van der Waals surface area contributed by atoms with E-state index in [2.05, 4.69) is 65.1 Å². The van der Waals surface area contributed by atoms with E-state index in [9.17, 15) is 0 Å². The molecule has 0 spiro atoms. The van der Waals surface area contributed by atoms with Gasteiger partial charge in [-0.2, -0.15) is 0 Å². The lowest BCUT2D eigenvalue weighted by molar-refractivity contribution is -0.0734. The number of ether oxygens (including phenoxy) is 1. The van der Waals surface area contributed by atoms with Crippen molar-refractivity contribution in [1.82, 2.24) is 5.32 Å². The molecule has 0 saturated carbocycles. The first-order valence-corrected chi connectivity index (χ1v) is 8.49. The number of benzene rings is 1. The van der Waals surface area contributed by atoms with Gasteiger partial charge in [0.1, 0.15) is 0 Å². The molecule has 0 saturated heterocycles. The van der Waals surface area contributed by atoms with Crippen LogP contribution < -0.4 is 5.32 Å². The van der Waals surface area contributed by atoms with E-state index in [0.29, 0.717) is 0 Å². The molecular weight excluding hydrogens is 258 g/mol. The van der Waals surface area contributed by atoms with Crippen LogP contribution >= 0.6 is 0 Å². The van der Waals surface area contributed by atoms with E-state index in [0.717, 1.165) is 32.4 Å². The Balaban J connectivity index is 3.24. The lowest BCUT2D eigenvalue weighted by Crippen LogP contribution is -2.46. The molecular formula is C19H33NO. The molecule has 1 rings (SSSR count). The van der Waals surface area contributed by atoms with Gasteiger partial charge in [0.2, 0.25) is 0 Å². The Morgan fingerprint density at radius 3 is 2.24 bits per heavy atom. The highest BCUT2D eigenvalue weighted by Gasteiger charge is 2.37. The molecule has 1 aromatic rings. The molecule has 0 fully saturated rings. The minimum Gasteiger partial charge on any atom is -0.373 e. The van der Waals surface area contributed by atoms with Crippen molar-refractivity contribution >= 4 is 0 Å². The average molecular weight is 291 g/mol. The minimum atomic E-state index is -0.121. The summed E-state index contributed by atoms with van der Waals surface area (Å²) in [5.41, 5.74) is 3.94. The molecule has 2 heteroatoms. The van der Waals surface area contributed by atoms with Gasteiger partial charge >= 0.3 is 0 Å². The Morgan fingerprint density at radius 1 is 1.10 bits per heavy atom. The van der Waals surface area contributed by atoms with Crippen LogP contribution in [0, 0.1) is 13.8 Å². The first-order valence-electron chi connectivity index (χ1n) is 8.49. The molecule has 0 amide bonds. The van der Waals surface area contributed by atoms with E-state index in [4.69, 9.17) is 4.74 Å². The van der Waals surface area contributed by atoms with E-state index in [-0.39, 0.29) is 11.6 Å². The highest BCUT2D eigenvalue weighted by atomic mass is 16.5. The average Bonchev–Trinajstić information content (AvgIpc) is 2.47. The van der Waals surface area contributed by atoms with Crippen molar-refractivity contribution in [2.24, 2.45) is 0 Å². The third kappa shape index (κ3) is 4.31. The Hall–Kier alpha value is -0.860. The van der Waals surface area contributed by atoms with Crippen LogP contribution in [0.3, 0.4) is 0 Å². The van der Waals surface area contributed by atoms with Crippen LogP contribution in [0.4, 0.5) is 0 Å². The summed E-state index contributed by atoms with van der Waals surface area (Å²) in [5.74, 6) is 0. The summed E-state index contributed by atoms with van der Waals surface area (Å²) in [6.07, 6.45) is 3.18. The fourth-order valence-corrected chi connectivity index (χ4v) is 3.25. The van der Waals surface area contributed by atoms with E-state index < -0.39 is 0 Å². The van der Waals surface area contributed by atoms with Crippen molar-refractivity contribution in [3.63, 3.8) is 0 Å². The molecule has 0 radical (unpaired) electrons. The predicted molar refractivity (Wildman–Crippen MR) is 91.9 cm³/mol. The Morgan fingerprint density at radius 2 is 1.76 bits per heavy atom. The standard InChI is InChI=1S/C19H33NO/c1-7-13-20-18(19(8-2,9-3)21-10-4)17-12-11-15(5)14-16(17)6/h11-12,14,18,20H,7-10,13H2,1-6H3. The van der Waals surface area contributed by atoms with E-state index in [1.165, 1.54) is 16.7 Å². The number of hydrogen-bond donors (Lipinski definition) is 1. The van der Waals surface area contributed by atoms with E-state index in [1.807, 2.05) is 0 Å². The Labute approximate surface area is 131 Å². The fraction of sp³-hybridized carbons (Fsp3) is 0.684. The third-order valence-corrected chi connectivity index (χ3v) is 4.49. The van der Waals surface area contributed by atoms with Crippen LogP contribution in [-0.4, -0.2) is 18.8 Å². The normalized spacial score (nSPS) is 13.4. The molecule has 1 atom stereocenters. The largest absolute Gasteiger partial charge is 0.373 e. The van der Waals surface area contributed by atoms with Gasteiger partial charge in [-0.05, 0) is 57.7 Å². The van der Waals surface area contributed by atoms with E-state index in [1.54, 1.807) is 0 Å². The first-order chi connectivity index (χ1) is 10.0. The molecule has 0 aliphatic rings. The van der Waals surface area contributed by atoms with Crippen LogP contribution in [0.25, 0.3) is 0 Å². The molecule has 1 N–H and O–H groups in total. The summed E-state index contributed by atoms with van der Waals surface area (Å²) >= 11 is 0. The molecule has 0 aliphatic heterocycles. The van der Waals surface area contributed by atoms with Crippen molar-refractivity contribution in [3.05, 3.63) is 34.9 Å². The van der Waals surface area contributed by atoms with Crippen LogP contribution in [0.5, 0.6) is 0 Å². The van der Waals surface area contributed by atoms with Crippen LogP contribution in [0.2, 0.25) is 0 Å². The van der Waals surface area contributed by atoms with Gasteiger partial charge in [-0.25, -0.2) is 0 Å². The molecule has 1 unspecified atom stereocenters. The molecule has 0 heterocycles. The number of nitrogens with one attached hydrogen (secondary N) is 1. The van der Waals surface area contributed by atoms with Crippen LogP contribution in [-0.2, 0) is 4.74 Å². The van der Waals surface area contributed by atoms with Gasteiger partial charge in [-0.1, -0.05) is 44.5 Å². The minimum absolute atomic E-state index is 0.121. The van der Waals surface area contributed by atoms with Gasteiger partial charge in [0, 0.05) is 6.61 Å². The smallest absolute Gasteiger partial charge is 0.0871 e. The van der Waals surface area contributed by atoms with Gasteiger partial charge in [0.15, 0.2) is 0 Å². The summed E-state index contributed by atoms with van der Waals surface area (Å²) in [6, 6.07) is 7.02. The Kier molecular flexibility index (Phi) is 7.41. The maximum Gasteiger partial charge on any atom is 0.0871 e. The molecule has 21 heavy (non-hydrogen) atoms. The maximum absolute atomic E-state index is 6.26. The number of aryl methyl sites for hydroxylation is 2. The van der Waals surface area contributed by atoms with Gasteiger partial charge in [-0.15, -0.1) is 0 Å². The van der Waals surface area contributed by atoms with Gasteiger partial charge in [0.25, 0.3) is 0 Å². The maximum atomic E-state index is 6.26. The summed E-state index contributed by atoms with van der Waals surface area (Å²) in [5, 5.41) is 3.75. The summed E-state index contributed by atoms with van der Waals surface area (Å²) in [7, 11) is 0. The number of hydrogen-bond acceptors (Lipinski definition) is 2. The first kappa shape index (κ1) is 18.2. The second-order valence-corrected chi connectivity index (χ2v) is 5.95. The van der Waals surface area contributed by atoms with Gasteiger partial charge in [-0.3, -0.25) is 0 Å². The number of rotatable bonds is 9. The van der Waals surface area contributed by atoms with Crippen molar-refractivity contribution < 1.29 is 4.74 Å². The second-order valence-electron chi connectivity index (χ2n) is 5.95. The zero-order chi connectivity index (χ0) is 15.9.